The summed E-state index contributed by atoms with van der Waals surface area (Å²) in [6.07, 6.45) is 1.46. The van der Waals surface area contributed by atoms with Crippen molar-refractivity contribution < 1.29 is 19.4 Å². The van der Waals surface area contributed by atoms with Crippen molar-refractivity contribution in [3.63, 3.8) is 0 Å². The normalized spacial score (nSPS) is 10.4. The van der Waals surface area contributed by atoms with Crippen LogP contribution in [-0.2, 0) is 4.79 Å². The molecule has 0 spiro atoms. The van der Waals surface area contributed by atoms with Crippen molar-refractivity contribution in [1.82, 2.24) is 5.43 Å². The predicted molar refractivity (Wildman–Crippen MR) is 91.9 cm³/mol. The molecule has 0 saturated carbocycles. The average Bonchev–Trinajstić information content (AvgIpc) is 2.61. The van der Waals surface area contributed by atoms with E-state index in [-0.39, 0.29) is 18.2 Å². The Bertz CT molecular complexity index is 732. The largest absolute Gasteiger partial charge is 0.504 e. The topological polar surface area (TPSA) is 92.2 Å². The quantitative estimate of drug-likeness (QED) is 0.533. The number of anilines is 1. The highest BCUT2D eigenvalue weighted by atomic mass is 16.5. The maximum atomic E-state index is 11.8. The van der Waals surface area contributed by atoms with Crippen LogP contribution in [0.3, 0.4) is 0 Å². The van der Waals surface area contributed by atoms with Crippen molar-refractivity contribution in [2.45, 2.75) is 0 Å². The van der Waals surface area contributed by atoms with Gasteiger partial charge in [-0.05, 0) is 35.9 Å². The fraction of sp³-hybridized carbons (Fsp3) is 0.176. The van der Waals surface area contributed by atoms with Gasteiger partial charge in [-0.15, -0.1) is 0 Å². The maximum Gasteiger partial charge on any atom is 0.259 e. The van der Waals surface area contributed by atoms with E-state index >= 15 is 0 Å². The van der Waals surface area contributed by atoms with Gasteiger partial charge in [-0.1, -0.05) is 12.1 Å². The summed E-state index contributed by atoms with van der Waals surface area (Å²) in [5.74, 6) is 0.732. The first-order valence-corrected chi connectivity index (χ1v) is 7.20. The Morgan fingerprint density at radius 2 is 1.92 bits per heavy atom. The molecule has 0 bridgehead atoms. The molecule has 3 N–H and O–H groups in total. The molecule has 2 rings (SSSR count). The molecule has 0 aliphatic heterocycles. The summed E-state index contributed by atoms with van der Waals surface area (Å²) in [6.45, 7) is 0.0522. The van der Waals surface area contributed by atoms with Gasteiger partial charge in [0.1, 0.15) is 5.75 Å². The summed E-state index contributed by atoms with van der Waals surface area (Å²) in [7, 11) is 3.03. The molecule has 1 amide bonds. The van der Waals surface area contributed by atoms with E-state index in [4.69, 9.17) is 9.47 Å². The molecule has 126 valence electrons. The second kappa shape index (κ2) is 8.42. The number of nitrogens with zero attached hydrogens (tertiary/aromatic N) is 1. The van der Waals surface area contributed by atoms with E-state index in [0.717, 1.165) is 5.69 Å². The van der Waals surface area contributed by atoms with Gasteiger partial charge in [0, 0.05) is 0 Å². The summed E-state index contributed by atoms with van der Waals surface area (Å²) in [6, 6.07) is 12.1. The van der Waals surface area contributed by atoms with E-state index in [1.807, 2.05) is 18.2 Å². The minimum absolute atomic E-state index is 0.0414. The Kier molecular flexibility index (Phi) is 6.01. The lowest BCUT2D eigenvalue weighted by molar-refractivity contribution is -0.119. The van der Waals surface area contributed by atoms with Crippen molar-refractivity contribution in [3.8, 4) is 17.2 Å². The zero-order chi connectivity index (χ0) is 17.4. The number of phenols is 1. The highest BCUT2D eigenvalue weighted by Gasteiger charge is 2.04. The average molecular weight is 329 g/mol. The van der Waals surface area contributed by atoms with Gasteiger partial charge in [0.05, 0.1) is 32.7 Å². The fourth-order valence-electron chi connectivity index (χ4n) is 1.96. The molecule has 0 aromatic heterocycles. The number of nitrogens with one attached hydrogen (secondary N) is 2. The number of aromatic hydroxyl groups is 1. The number of carbonyl (C=O) groups is 1. The number of benzene rings is 2. The first-order chi connectivity index (χ1) is 11.6. The van der Waals surface area contributed by atoms with E-state index < -0.39 is 0 Å². The molecular formula is C17H19N3O4. The third kappa shape index (κ3) is 4.64. The minimum Gasteiger partial charge on any atom is -0.504 e. The number of amides is 1. The summed E-state index contributed by atoms with van der Waals surface area (Å²) >= 11 is 0. The number of hydrogen-bond donors (Lipinski definition) is 3. The van der Waals surface area contributed by atoms with Gasteiger partial charge < -0.3 is 19.9 Å². The monoisotopic (exact) mass is 329 g/mol. The second-order valence-corrected chi connectivity index (χ2v) is 4.78. The fourth-order valence-corrected chi connectivity index (χ4v) is 1.96. The van der Waals surface area contributed by atoms with Crippen LogP contribution in [0.1, 0.15) is 5.56 Å². The van der Waals surface area contributed by atoms with Gasteiger partial charge in [0.25, 0.3) is 5.91 Å². The van der Waals surface area contributed by atoms with Crippen molar-refractivity contribution in [2.75, 3.05) is 26.1 Å². The first kappa shape index (κ1) is 17.1. The van der Waals surface area contributed by atoms with Gasteiger partial charge in [-0.3, -0.25) is 4.79 Å². The number of phenolic OH excluding ortho intramolecular Hbond substituents is 1. The van der Waals surface area contributed by atoms with Crippen LogP contribution in [0.5, 0.6) is 17.2 Å². The predicted octanol–water partition coefficient (Wildman–Crippen LogP) is 1.97. The lowest BCUT2D eigenvalue weighted by atomic mass is 10.2. The Labute approximate surface area is 139 Å². The van der Waals surface area contributed by atoms with Gasteiger partial charge >= 0.3 is 0 Å². The van der Waals surface area contributed by atoms with Crippen molar-refractivity contribution >= 4 is 17.8 Å². The number of ether oxygens (including phenoxy) is 2. The number of carbonyl (C=O) groups excluding carboxylic acids is 1. The van der Waals surface area contributed by atoms with Gasteiger partial charge in [0.15, 0.2) is 11.5 Å². The number of methoxy groups -OCH3 is 2. The number of para-hydroxylation sites is 2. The summed E-state index contributed by atoms with van der Waals surface area (Å²) in [5.41, 5.74) is 3.82. The molecule has 0 aliphatic rings. The van der Waals surface area contributed by atoms with Crippen LogP contribution in [0.25, 0.3) is 0 Å². The van der Waals surface area contributed by atoms with E-state index in [2.05, 4.69) is 15.8 Å². The SMILES string of the molecule is COc1cc(/C=N/NC(=O)CNc2ccccc2OC)ccc1O. The Morgan fingerprint density at radius 3 is 2.67 bits per heavy atom. The van der Waals surface area contributed by atoms with Gasteiger partial charge in [-0.25, -0.2) is 5.43 Å². The molecule has 0 saturated heterocycles. The Balaban J connectivity index is 1.87. The third-order valence-corrected chi connectivity index (χ3v) is 3.15. The van der Waals surface area contributed by atoms with E-state index in [9.17, 15) is 9.90 Å². The Morgan fingerprint density at radius 1 is 1.17 bits per heavy atom. The first-order valence-electron chi connectivity index (χ1n) is 7.20. The highest BCUT2D eigenvalue weighted by molar-refractivity contribution is 5.85. The third-order valence-electron chi connectivity index (χ3n) is 3.15. The van der Waals surface area contributed by atoms with Crippen LogP contribution >= 0.6 is 0 Å². The molecular weight excluding hydrogens is 310 g/mol. The van der Waals surface area contributed by atoms with Crippen LogP contribution in [0, 0.1) is 0 Å². The van der Waals surface area contributed by atoms with Crippen molar-refractivity contribution in [3.05, 3.63) is 48.0 Å². The zero-order valence-electron chi connectivity index (χ0n) is 13.4. The summed E-state index contributed by atoms with van der Waals surface area (Å²) in [4.78, 5) is 11.8. The Hall–Kier alpha value is -3.22. The molecule has 0 atom stereocenters. The van der Waals surface area contributed by atoms with E-state index in [1.165, 1.54) is 19.4 Å². The smallest absolute Gasteiger partial charge is 0.259 e. The molecule has 7 nitrogen and oxygen atoms in total. The molecule has 0 fully saturated rings. The van der Waals surface area contributed by atoms with E-state index in [0.29, 0.717) is 17.1 Å². The molecule has 0 aliphatic carbocycles. The van der Waals surface area contributed by atoms with Crippen LogP contribution < -0.4 is 20.2 Å². The lowest BCUT2D eigenvalue weighted by Gasteiger charge is -2.09. The van der Waals surface area contributed by atoms with E-state index in [1.54, 1.807) is 25.3 Å². The number of hydrazone groups is 1. The van der Waals surface area contributed by atoms with Crippen LogP contribution in [-0.4, -0.2) is 38.0 Å². The van der Waals surface area contributed by atoms with Gasteiger partial charge in [-0.2, -0.15) is 5.10 Å². The molecule has 7 heteroatoms. The van der Waals surface area contributed by atoms with Crippen LogP contribution in [0.4, 0.5) is 5.69 Å². The molecule has 0 unspecified atom stereocenters. The number of rotatable bonds is 7. The highest BCUT2D eigenvalue weighted by Crippen LogP contribution is 2.25. The summed E-state index contributed by atoms with van der Waals surface area (Å²) in [5, 5.41) is 16.4. The second-order valence-electron chi connectivity index (χ2n) is 4.78. The number of hydrogen-bond acceptors (Lipinski definition) is 6. The molecule has 2 aromatic rings. The standard InChI is InChI=1S/C17H19N3O4/c1-23-15-6-4-3-5-13(15)18-11-17(22)20-19-10-12-7-8-14(21)16(9-12)24-2/h3-10,18,21H,11H2,1-2H3,(H,20,22)/b19-10+. The van der Waals surface area contributed by atoms with Crippen molar-refractivity contribution in [2.24, 2.45) is 5.10 Å². The zero-order valence-corrected chi connectivity index (χ0v) is 13.4. The molecule has 24 heavy (non-hydrogen) atoms. The van der Waals surface area contributed by atoms with Crippen LogP contribution in [0.15, 0.2) is 47.6 Å². The van der Waals surface area contributed by atoms with Crippen molar-refractivity contribution in [1.29, 1.82) is 0 Å². The van der Waals surface area contributed by atoms with Gasteiger partial charge in [0.2, 0.25) is 0 Å². The molecule has 0 radical (unpaired) electrons. The minimum atomic E-state index is -0.303. The molecule has 0 heterocycles. The summed E-state index contributed by atoms with van der Waals surface area (Å²) < 4.78 is 10.2. The lowest BCUT2D eigenvalue weighted by Crippen LogP contribution is -2.26. The molecule has 2 aromatic carbocycles. The van der Waals surface area contributed by atoms with Crippen LogP contribution in [0.2, 0.25) is 0 Å². The maximum absolute atomic E-state index is 11.8.